The molecule has 0 spiro atoms. The maximum Gasteiger partial charge on any atom is 0.0590 e. The Morgan fingerprint density at radius 2 is 2.12 bits per heavy atom. The van der Waals surface area contributed by atoms with Crippen molar-refractivity contribution in [1.29, 1.82) is 0 Å². The first-order chi connectivity index (χ1) is 7.86. The lowest BCUT2D eigenvalue weighted by Gasteiger charge is -2.07. The SMILES string of the molecule is Brc1cnccc1NCCc1ccccn1. The van der Waals surface area contributed by atoms with Gasteiger partial charge in [0.25, 0.3) is 0 Å². The highest BCUT2D eigenvalue weighted by atomic mass is 79.9. The molecule has 2 rings (SSSR count). The standard InChI is InChI=1S/C12H12BrN3/c13-11-9-14-7-5-12(11)16-8-4-10-3-1-2-6-15-10/h1-3,5-7,9H,4,8H2,(H,14,16). The molecule has 0 aliphatic carbocycles. The van der Waals surface area contributed by atoms with Gasteiger partial charge in [0.2, 0.25) is 0 Å². The van der Waals surface area contributed by atoms with Gasteiger partial charge >= 0.3 is 0 Å². The van der Waals surface area contributed by atoms with E-state index < -0.39 is 0 Å². The summed E-state index contributed by atoms with van der Waals surface area (Å²) in [5.74, 6) is 0. The predicted octanol–water partition coefficient (Wildman–Crippen LogP) is 2.89. The van der Waals surface area contributed by atoms with Gasteiger partial charge in [-0.15, -0.1) is 0 Å². The van der Waals surface area contributed by atoms with Crippen molar-refractivity contribution in [2.75, 3.05) is 11.9 Å². The molecule has 0 fully saturated rings. The van der Waals surface area contributed by atoms with Crippen molar-refractivity contribution in [2.24, 2.45) is 0 Å². The van der Waals surface area contributed by atoms with Crippen LogP contribution in [-0.4, -0.2) is 16.5 Å². The van der Waals surface area contributed by atoms with Gasteiger partial charge in [-0.05, 0) is 34.1 Å². The van der Waals surface area contributed by atoms with Gasteiger partial charge in [0.05, 0.1) is 10.2 Å². The van der Waals surface area contributed by atoms with E-state index >= 15 is 0 Å². The van der Waals surface area contributed by atoms with Gasteiger partial charge in [0, 0.05) is 37.3 Å². The van der Waals surface area contributed by atoms with Crippen molar-refractivity contribution in [3.05, 3.63) is 53.0 Å². The average Bonchev–Trinajstić information content (AvgIpc) is 2.33. The second-order valence-corrected chi connectivity index (χ2v) is 4.21. The number of rotatable bonds is 4. The Balaban J connectivity index is 1.87. The van der Waals surface area contributed by atoms with Crippen molar-refractivity contribution in [2.45, 2.75) is 6.42 Å². The lowest BCUT2D eigenvalue weighted by atomic mass is 10.2. The molecule has 4 heteroatoms. The summed E-state index contributed by atoms with van der Waals surface area (Å²) >= 11 is 3.44. The van der Waals surface area contributed by atoms with Crippen molar-refractivity contribution >= 4 is 21.6 Å². The van der Waals surface area contributed by atoms with Gasteiger partial charge < -0.3 is 5.32 Å². The molecule has 0 amide bonds. The molecule has 2 aromatic heterocycles. The number of pyridine rings is 2. The number of nitrogens with one attached hydrogen (secondary N) is 1. The van der Waals surface area contributed by atoms with Crippen LogP contribution >= 0.6 is 15.9 Å². The van der Waals surface area contributed by atoms with Crippen LogP contribution in [0.1, 0.15) is 5.69 Å². The topological polar surface area (TPSA) is 37.8 Å². The monoisotopic (exact) mass is 277 g/mol. The molecule has 2 aromatic rings. The van der Waals surface area contributed by atoms with Crippen molar-refractivity contribution in [3.8, 4) is 0 Å². The van der Waals surface area contributed by atoms with E-state index in [1.807, 2.05) is 30.5 Å². The minimum atomic E-state index is 0.861. The fourth-order valence-corrected chi connectivity index (χ4v) is 1.78. The lowest BCUT2D eigenvalue weighted by molar-refractivity contribution is 0.960. The molecule has 0 atom stereocenters. The average molecular weight is 278 g/mol. The Bertz CT molecular complexity index is 445. The summed E-state index contributed by atoms with van der Waals surface area (Å²) in [7, 11) is 0. The second kappa shape index (κ2) is 5.61. The first kappa shape index (κ1) is 11.1. The zero-order valence-electron chi connectivity index (χ0n) is 8.73. The van der Waals surface area contributed by atoms with E-state index in [1.54, 1.807) is 12.4 Å². The van der Waals surface area contributed by atoms with Gasteiger partial charge in [-0.25, -0.2) is 0 Å². The first-order valence-electron chi connectivity index (χ1n) is 5.09. The number of anilines is 1. The molecule has 1 N–H and O–H groups in total. The summed E-state index contributed by atoms with van der Waals surface area (Å²) in [4.78, 5) is 8.28. The molecular weight excluding hydrogens is 266 g/mol. The minimum Gasteiger partial charge on any atom is -0.384 e. The Hall–Kier alpha value is -1.42. The third kappa shape index (κ3) is 3.03. The normalized spacial score (nSPS) is 10.1. The van der Waals surface area contributed by atoms with Crippen LogP contribution < -0.4 is 5.32 Å². The molecule has 3 nitrogen and oxygen atoms in total. The number of nitrogens with zero attached hydrogens (tertiary/aromatic N) is 2. The number of hydrogen-bond acceptors (Lipinski definition) is 3. The van der Waals surface area contributed by atoms with Crippen LogP contribution in [0.3, 0.4) is 0 Å². The van der Waals surface area contributed by atoms with Crippen LogP contribution in [0.2, 0.25) is 0 Å². The summed E-state index contributed by atoms with van der Waals surface area (Å²) in [6.45, 7) is 0.861. The largest absolute Gasteiger partial charge is 0.384 e. The van der Waals surface area contributed by atoms with Gasteiger partial charge in [0.15, 0.2) is 0 Å². The zero-order valence-corrected chi connectivity index (χ0v) is 10.3. The van der Waals surface area contributed by atoms with Crippen LogP contribution in [0, 0.1) is 0 Å². The van der Waals surface area contributed by atoms with Crippen LogP contribution in [0.15, 0.2) is 47.3 Å². The molecule has 0 saturated carbocycles. The second-order valence-electron chi connectivity index (χ2n) is 3.35. The third-order valence-electron chi connectivity index (χ3n) is 2.20. The maximum absolute atomic E-state index is 4.27. The Morgan fingerprint density at radius 3 is 2.88 bits per heavy atom. The number of aromatic nitrogens is 2. The smallest absolute Gasteiger partial charge is 0.0590 e. The molecule has 0 unspecified atom stereocenters. The van der Waals surface area contributed by atoms with Crippen molar-refractivity contribution in [1.82, 2.24) is 9.97 Å². The molecule has 2 heterocycles. The molecule has 0 saturated heterocycles. The maximum atomic E-state index is 4.27. The van der Waals surface area contributed by atoms with Gasteiger partial charge in [-0.1, -0.05) is 6.07 Å². The highest BCUT2D eigenvalue weighted by molar-refractivity contribution is 9.10. The predicted molar refractivity (Wildman–Crippen MR) is 68.4 cm³/mol. The quantitative estimate of drug-likeness (QED) is 0.934. The molecule has 0 aromatic carbocycles. The molecule has 0 aliphatic rings. The van der Waals surface area contributed by atoms with E-state index in [4.69, 9.17) is 0 Å². The van der Waals surface area contributed by atoms with Crippen molar-refractivity contribution < 1.29 is 0 Å². The summed E-state index contributed by atoms with van der Waals surface area (Å²) in [5, 5.41) is 3.33. The molecule has 82 valence electrons. The van der Waals surface area contributed by atoms with Crippen LogP contribution in [0.5, 0.6) is 0 Å². The molecule has 0 radical (unpaired) electrons. The Morgan fingerprint density at radius 1 is 1.19 bits per heavy atom. The van der Waals surface area contributed by atoms with Crippen LogP contribution in [-0.2, 0) is 6.42 Å². The summed E-state index contributed by atoms with van der Waals surface area (Å²) in [6.07, 6.45) is 6.28. The molecule has 0 aliphatic heterocycles. The minimum absolute atomic E-state index is 0.861. The van der Waals surface area contributed by atoms with Gasteiger partial charge in [0.1, 0.15) is 0 Å². The Kier molecular flexibility index (Phi) is 3.88. The van der Waals surface area contributed by atoms with E-state index in [0.29, 0.717) is 0 Å². The molecule has 16 heavy (non-hydrogen) atoms. The fourth-order valence-electron chi connectivity index (χ4n) is 1.39. The van der Waals surface area contributed by atoms with E-state index in [2.05, 4.69) is 31.2 Å². The Labute approximate surface area is 103 Å². The van der Waals surface area contributed by atoms with Crippen LogP contribution in [0.25, 0.3) is 0 Å². The highest BCUT2D eigenvalue weighted by Gasteiger charge is 1.98. The molecule has 0 bridgehead atoms. The van der Waals surface area contributed by atoms with Gasteiger partial charge in [-0.3, -0.25) is 9.97 Å². The lowest BCUT2D eigenvalue weighted by Crippen LogP contribution is -2.06. The van der Waals surface area contributed by atoms with E-state index in [0.717, 1.165) is 28.8 Å². The highest BCUT2D eigenvalue weighted by Crippen LogP contribution is 2.19. The third-order valence-corrected chi connectivity index (χ3v) is 2.83. The summed E-state index contributed by atoms with van der Waals surface area (Å²) in [6, 6.07) is 7.91. The van der Waals surface area contributed by atoms with Crippen LogP contribution in [0.4, 0.5) is 5.69 Å². The summed E-state index contributed by atoms with van der Waals surface area (Å²) in [5.41, 5.74) is 2.16. The van der Waals surface area contributed by atoms with E-state index in [1.165, 1.54) is 0 Å². The van der Waals surface area contributed by atoms with E-state index in [9.17, 15) is 0 Å². The van der Waals surface area contributed by atoms with Gasteiger partial charge in [-0.2, -0.15) is 0 Å². The zero-order chi connectivity index (χ0) is 11.2. The van der Waals surface area contributed by atoms with Crippen molar-refractivity contribution in [3.63, 3.8) is 0 Å². The fraction of sp³-hybridized carbons (Fsp3) is 0.167. The molecular formula is C12H12BrN3. The number of halogens is 1. The first-order valence-corrected chi connectivity index (χ1v) is 5.89. The summed E-state index contributed by atoms with van der Waals surface area (Å²) < 4.78 is 0.982. The number of hydrogen-bond donors (Lipinski definition) is 1. The van der Waals surface area contributed by atoms with E-state index in [-0.39, 0.29) is 0 Å².